The smallest absolute Gasteiger partial charge is 0.252 e. The number of rotatable bonds is 13. The van der Waals surface area contributed by atoms with Gasteiger partial charge in [0.05, 0.1) is 45.2 Å². The SMILES string of the molecule is COc1cccc(-c2cccc(-c3cccc(OC)c3)c2-c2cc(-c3cc(C(C)(C)C)cc(C(C)(C)C)c3)cc3c2Nc2cc(-n4c5ccccc5c5cc(C(C)(C)C)ccc54)cc4c2B3c2cc(-c3cc(C(C)(C)C)cc(C(C)(C)C)c3)cc(-c3c(-c5cccc(OC)c5)cccc3-c3cccc(OC)c3)c2N4)c1. The van der Waals surface area contributed by atoms with Crippen molar-refractivity contribution in [2.45, 2.75) is 131 Å². The number of hydrogen-bond acceptors (Lipinski definition) is 6. The van der Waals surface area contributed by atoms with E-state index in [-0.39, 0.29) is 33.8 Å². The van der Waals surface area contributed by atoms with Crippen LogP contribution in [0.15, 0.2) is 249 Å². The number of fused-ring (bicyclic) bond motifs is 7. The first-order chi connectivity index (χ1) is 52.5. The maximum absolute atomic E-state index is 6.11. The third kappa shape index (κ3) is 13.2. The summed E-state index contributed by atoms with van der Waals surface area (Å²) in [5, 5.41) is 11.3. The molecule has 16 rings (SSSR count). The predicted molar refractivity (Wildman–Crippen MR) is 468 cm³/mol. The van der Waals surface area contributed by atoms with Gasteiger partial charge in [-0.25, -0.2) is 0 Å². The minimum Gasteiger partial charge on any atom is -0.497 e. The number of nitrogens with zero attached hydrogens (tertiary/aromatic N) is 1. The Kier molecular flexibility index (Phi) is 18.0. The highest BCUT2D eigenvalue weighted by Gasteiger charge is 2.42. The highest BCUT2D eigenvalue weighted by Crippen LogP contribution is 2.52. The van der Waals surface area contributed by atoms with Crippen molar-refractivity contribution in [3.05, 3.63) is 277 Å². The highest BCUT2D eigenvalue weighted by molar-refractivity contribution is 7.00. The average molecular weight is 1440 g/mol. The zero-order chi connectivity index (χ0) is 77.3. The quantitative estimate of drug-likeness (QED) is 0.112. The lowest BCUT2D eigenvalue weighted by atomic mass is 9.33. The molecule has 2 N–H and O–H groups in total. The van der Waals surface area contributed by atoms with Crippen LogP contribution in [-0.4, -0.2) is 39.7 Å². The highest BCUT2D eigenvalue weighted by atomic mass is 16.5. The Bertz CT molecular complexity index is 5520. The Morgan fingerprint density at radius 1 is 0.273 bits per heavy atom. The lowest BCUT2D eigenvalue weighted by Gasteiger charge is -2.38. The Morgan fingerprint density at radius 3 is 0.964 bits per heavy atom. The number of anilines is 4. The van der Waals surface area contributed by atoms with Crippen molar-refractivity contribution in [3.8, 4) is 118 Å². The second-order valence-corrected chi connectivity index (χ2v) is 35.4. The van der Waals surface area contributed by atoms with Gasteiger partial charge in [0, 0.05) is 44.6 Å². The molecule has 0 aliphatic carbocycles. The maximum Gasteiger partial charge on any atom is 0.252 e. The van der Waals surface area contributed by atoms with Gasteiger partial charge in [-0.05, 0) is 240 Å². The molecule has 0 spiro atoms. The molecule has 0 unspecified atom stereocenters. The van der Waals surface area contributed by atoms with Gasteiger partial charge in [0.15, 0.2) is 0 Å². The van der Waals surface area contributed by atoms with E-state index >= 15 is 0 Å². The van der Waals surface area contributed by atoms with Crippen molar-refractivity contribution < 1.29 is 18.9 Å². The topological polar surface area (TPSA) is 65.9 Å². The van der Waals surface area contributed by atoms with Gasteiger partial charge in [0.25, 0.3) is 6.71 Å². The summed E-state index contributed by atoms with van der Waals surface area (Å²) >= 11 is 0. The fourth-order valence-corrected chi connectivity index (χ4v) is 16.7. The van der Waals surface area contributed by atoms with Gasteiger partial charge >= 0.3 is 0 Å². The molecule has 0 saturated heterocycles. The second kappa shape index (κ2) is 27.3. The third-order valence-electron chi connectivity index (χ3n) is 22.9. The first-order valence-electron chi connectivity index (χ1n) is 38.8. The van der Waals surface area contributed by atoms with Crippen LogP contribution in [0, 0.1) is 0 Å². The Hall–Kier alpha value is -11.5. The van der Waals surface area contributed by atoms with Gasteiger partial charge in [-0.3, -0.25) is 0 Å². The van der Waals surface area contributed by atoms with Crippen LogP contribution < -0.4 is 46.0 Å². The molecule has 550 valence electrons. The monoisotopic (exact) mass is 1440 g/mol. The predicted octanol–water partition coefficient (Wildman–Crippen LogP) is 25.3. The second-order valence-electron chi connectivity index (χ2n) is 35.4. The van der Waals surface area contributed by atoms with E-state index in [1.807, 2.05) is 24.3 Å². The molecule has 0 fully saturated rings. The van der Waals surface area contributed by atoms with Crippen molar-refractivity contribution in [1.29, 1.82) is 0 Å². The average Bonchev–Trinajstić information content (AvgIpc) is 0.885. The molecule has 0 bridgehead atoms. The Balaban J connectivity index is 1.12. The minimum atomic E-state index is -0.388. The minimum absolute atomic E-state index is 0.0734. The largest absolute Gasteiger partial charge is 0.497 e. The van der Waals surface area contributed by atoms with Crippen molar-refractivity contribution >= 4 is 67.7 Å². The van der Waals surface area contributed by atoms with E-state index in [1.54, 1.807) is 28.4 Å². The van der Waals surface area contributed by atoms with Crippen LogP contribution in [0.3, 0.4) is 0 Å². The molecular weight excluding hydrogens is 1340 g/mol. The summed E-state index contributed by atoms with van der Waals surface area (Å²) in [6, 6.07) is 93.6. The number of para-hydroxylation sites is 1. The van der Waals surface area contributed by atoms with E-state index in [9.17, 15) is 0 Å². The van der Waals surface area contributed by atoms with E-state index in [1.165, 1.54) is 38.6 Å². The first-order valence-corrected chi connectivity index (χ1v) is 38.8. The summed E-state index contributed by atoms with van der Waals surface area (Å²) in [5.74, 6) is 3.11. The van der Waals surface area contributed by atoms with Crippen molar-refractivity contribution in [3.63, 3.8) is 0 Å². The van der Waals surface area contributed by atoms with E-state index in [0.717, 1.165) is 168 Å². The maximum atomic E-state index is 6.11. The number of methoxy groups -OCH3 is 4. The number of ether oxygens (including phenoxy) is 4. The van der Waals surface area contributed by atoms with Crippen LogP contribution in [0.2, 0.25) is 0 Å². The Morgan fingerprint density at radius 2 is 0.609 bits per heavy atom. The van der Waals surface area contributed by atoms with Gasteiger partial charge in [0.2, 0.25) is 0 Å². The van der Waals surface area contributed by atoms with Crippen LogP contribution in [-0.2, 0) is 27.1 Å². The fraction of sp³-hybridized carbons (Fsp3) is 0.235. The summed E-state index contributed by atoms with van der Waals surface area (Å²) in [7, 11) is 7.02. The van der Waals surface area contributed by atoms with E-state index in [0.29, 0.717) is 0 Å². The molecule has 0 radical (unpaired) electrons. The molecule has 0 saturated carbocycles. The lowest BCUT2D eigenvalue weighted by Crippen LogP contribution is -2.59. The molecule has 14 aromatic rings. The zero-order valence-corrected chi connectivity index (χ0v) is 67.3. The van der Waals surface area contributed by atoms with Crippen LogP contribution >= 0.6 is 0 Å². The standard InChI is InChI=1S/C102H100BN3O4/c1-98(2,3)69-42-43-92-84(58-69)83-36-20-21-41-91(83)106(92)74-59-89-95-90(60-74)105-97-86(94-81(63-30-24-34-77(50-63)109-18)39-27-40-82(94)64-31-25-35-78(51-64)110-19)53-68(66-46-72(101(10,11)12)57-73(47-66)102(13,14)15)55-88(97)103(95)87-54-67(65-44-70(99(4,5)6)56-71(45-65)100(7,8)9)52-85(96(87)104-89)93-79(61-28-22-32-75(48-61)107-16)37-26-38-80(93)62-29-23-33-76(49-62)108-17/h20-60,104-105H,1-19H3. The molecule has 8 heteroatoms. The van der Waals surface area contributed by atoms with Crippen molar-refractivity contribution in [2.75, 3.05) is 39.1 Å². The van der Waals surface area contributed by atoms with Gasteiger partial charge in [-0.2, -0.15) is 0 Å². The van der Waals surface area contributed by atoms with Crippen molar-refractivity contribution in [1.82, 2.24) is 4.57 Å². The van der Waals surface area contributed by atoms with E-state index in [2.05, 4.69) is 344 Å². The summed E-state index contributed by atoms with van der Waals surface area (Å²) in [6.07, 6.45) is 0. The molecule has 13 aromatic carbocycles. The van der Waals surface area contributed by atoms with Crippen molar-refractivity contribution in [2.24, 2.45) is 0 Å². The van der Waals surface area contributed by atoms with E-state index < -0.39 is 0 Å². The summed E-state index contributed by atoms with van der Waals surface area (Å²) in [6.45, 7) is 34.6. The molecule has 1 aromatic heterocycles. The van der Waals surface area contributed by atoms with Gasteiger partial charge < -0.3 is 34.1 Å². The normalized spacial score (nSPS) is 12.8. The molecule has 2 aliphatic heterocycles. The van der Waals surface area contributed by atoms with Gasteiger partial charge in [-0.15, -0.1) is 0 Å². The van der Waals surface area contributed by atoms with E-state index in [4.69, 9.17) is 18.9 Å². The summed E-state index contributed by atoms with van der Waals surface area (Å²) in [4.78, 5) is 0. The summed E-state index contributed by atoms with van der Waals surface area (Å²) < 4.78 is 26.9. The Labute approximate surface area is 651 Å². The fourth-order valence-electron chi connectivity index (χ4n) is 16.7. The first kappa shape index (κ1) is 72.7. The number of hydrogen-bond donors (Lipinski definition) is 2. The molecule has 7 nitrogen and oxygen atoms in total. The molecule has 0 atom stereocenters. The zero-order valence-electron chi connectivity index (χ0n) is 67.3. The number of aromatic nitrogens is 1. The van der Waals surface area contributed by atoms with Gasteiger partial charge in [0.1, 0.15) is 23.0 Å². The molecule has 3 heterocycles. The van der Waals surface area contributed by atoms with Crippen LogP contribution in [0.1, 0.15) is 132 Å². The molecule has 2 aliphatic rings. The van der Waals surface area contributed by atoms with Gasteiger partial charge in [-0.1, -0.05) is 262 Å². The molecule has 0 amide bonds. The molecular formula is C102H100BN3O4. The molecule has 110 heavy (non-hydrogen) atoms. The van der Waals surface area contributed by atoms with Crippen LogP contribution in [0.5, 0.6) is 23.0 Å². The van der Waals surface area contributed by atoms with Crippen LogP contribution in [0.25, 0.3) is 117 Å². The third-order valence-corrected chi connectivity index (χ3v) is 22.9. The lowest BCUT2D eigenvalue weighted by molar-refractivity contribution is 0.415. The van der Waals surface area contributed by atoms with Crippen LogP contribution in [0.4, 0.5) is 22.7 Å². The number of benzene rings is 13. The summed E-state index contributed by atoms with van der Waals surface area (Å²) in [5.41, 5.74) is 33.6. The number of nitrogens with one attached hydrogen (secondary N) is 2.